The molecule has 124 valence electrons. The van der Waals surface area contributed by atoms with E-state index >= 15 is 0 Å². The maximum Gasteiger partial charge on any atom is 0.263 e. The largest absolute Gasteiger partial charge is 0.280 e. The zero-order chi connectivity index (χ0) is 17.3. The molecule has 2 rings (SSSR count). The molecule has 2 aromatic rings. The van der Waals surface area contributed by atoms with Crippen molar-refractivity contribution in [3.8, 4) is 0 Å². The highest BCUT2D eigenvalue weighted by Gasteiger charge is 2.20. The maximum atomic E-state index is 12.3. The highest BCUT2D eigenvalue weighted by molar-refractivity contribution is 7.93. The number of hydrogen-bond acceptors (Lipinski definition) is 4. The number of halogens is 2. The van der Waals surface area contributed by atoms with Crippen LogP contribution in [-0.2, 0) is 19.9 Å². The van der Waals surface area contributed by atoms with Crippen LogP contribution in [0.5, 0.6) is 0 Å². The lowest BCUT2D eigenvalue weighted by molar-refractivity contribution is 0.597. The SMILES string of the molecule is CCS(=O)(=O)c1ccc(NS(=O)(=O)c2cccc(Cl)c2Cl)cc1. The first-order valence-corrected chi connectivity index (χ1v) is 10.4. The van der Waals surface area contributed by atoms with E-state index in [1.807, 2.05) is 0 Å². The molecule has 0 bridgehead atoms. The van der Waals surface area contributed by atoms with Gasteiger partial charge in [0.25, 0.3) is 10.0 Å². The Labute approximate surface area is 145 Å². The maximum absolute atomic E-state index is 12.3. The fraction of sp³-hybridized carbons (Fsp3) is 0.143. The molecule has 0 aromatic heterocycles. The Kier molecular flexibility index (Phi) is 5.25. The first-order valence-electron chi connectivity index (χ1n) is 6.47. The van der Waals surface area contributed by atoms with Crippen LogP contribution in [0.25, 0.3) is 0 Å². The quantitative estimate of drug-likeness (QED) is 0.841. The van der Waals surface area contributed by atoms with Crippen molar-refractivity contribution in [2.45, 2.75) is 16.7 Å². The zero-order valence-corrected chi connectivity index (χ0v) is 15.1. The summed E-state index contributed by atoms with van der Waals surface area (Å²) in [5.74, 6) is -0.0316. The summed E-state index contributed by atoms with van der Waals surface area (Å²) in [5.41, 5.74) is 0.219. The van der Waals surface area contributed by atoms with Gasteiger partial charge in [0.1, 0.15) is 4.90 Å². The van der Waals surface area contributed by atoms with Gasteiger partial charge in [-0.25, -0.2) is 16.8 Å². The van der Waals surface area contributed by atoms with Gasteiger partial charge in [-0.05, 0) is 36.4 Å². The number of anilines is 1. The molecule has 0 radical (unpaired) electrons. The number of sulfone groups is 1. The summed E-state index contributed by atoms with van der Waals surface area (Å²) in [6.45, 7) is 1.53. The van der Waals surface area contributed by atoms with E-state index in [0.29, 0.717) is 0 Å². The predicted molar refractivity (Wildman–Crippen MR) is 91.4 cm³/mol. The normalized spacial score (nSPS) is 12.1. The topological polar surface area (TPSA) is 80.3 Å². The van der Waals surface area contributed by atoms with E-state index in [2.05, 4.69) is 4.72 Å². The average molecular weight is 394 g/mol. The average Bonchev–Trinajstić information content (AvgIpc) is 2.50. The van der Waals surface area contributed by atoms with Crippen molar-refractivity contribution in [1.29, 1.82) is 0 Å². The molecule has 1 N–H and O–H groups in total. The van der Waals surface area contributed by atoms with E-state index in [1.54, 1.807) is 0 Å². The van der Waals surface area contributed by atoms with Gasteiger partial charge >= 0.3 is 0 Å². The molecular weight excluding hydrogens is 381 g/mol. The van der Waals surface area contributed by atoms with Crippen LogP contribution < -0.4 is 4.72 Å². The standard InChI is InChI=1S/C14H13Cl2NO4S2/c1-2-22(18,19)11-8-6-10(7-9-11)17-23(20,21)13-5-3-4-12(15)14(13)16/h3-9,17H,2H2,1H3. The van der Waals surface area contributed by atoms with Crippen LogP contribution in [0.4, 0.5) is 5.69 Å². The molecule has 0 spiro atoms. The Morgan fingerprint density at radius 3 is 2.13 bits per heavy atom. The minimum Gasteiger partial charge on any atom is -0.280 e. The van der Waals surface area contributed by atoms with E-state index in [1.165, 1.54) is 49.4 Å². The minimum atomic E-state index is -3.94. The van der Waals surface area contributed by atoms with Crippen LogP contribution in [0.2, 0.25) is 10.0 Å². The van der Waals surface area contributed by atoms with Crippen molar-refractivity contribution in [3.63, 3.8) is 0 Å². The van der Waals surface area contributed by atoms with Gasteiger partial charge in [0.15, 0.2) is 9.84 Å². The molecule has 23 heavy (non-hydrogen) atoms. The summed E-state index contributed by atoms with van der Waals surface area (Å²) in [6, 6.07) is 9.71. The highest BCUT2D eigenvalue weighted by Crippen LogP contribution is 2.30. The van der Waals surface area contributed by atoms with Gasteiger partial charge in [0.2, 0.25) is 0 Å². The number of nitrogens with one attached hydrogen (secondary N) is 1. The summed E-state index contributed by atoms with van der Waals surface area (Å²) in [6.07, 6.45) is 0. The fourth-order valence-corrected chi connectivity index (χ4v) is 4.50. The molecule has 0 aliphatic rings. The van der Waals surface area contributed by atoms with Crippen molar-refractivity contribution < 1.29 is 16.8 Å². The lowest BCUT2D eigenvalue weighted by atomic mass is 10.3. The monoisotopic (exact) mass is 393 g/mol. The Morgan fingerprint density at radius 2 is 1.57 bits per heavy atom. The molecule has 0 amide bonds. The second kappa shape index (κ2) is 6.68. The summed E-state index contributed by atoms with van der Waals surface area (Å²) in [4.78, 5) is -0.0272. The van der Waals surface area contributed by atoms with Gasteiger partial charge in [0, 0.05) is 5.69 Å². The molecule has 0 saturated carbocycles. The lowest BCUT2D eigenvalue weighted by Gasteiger charge is -2.10. The van der Waals surface area contributed by atoms with Crippen molar-refractivity contribution in [2.75, 3.05) is 10.5 Å². The highest BCUT2D eigenvalue weighted by atomic mass is 35.5. The molecule has 9 heteroatoms. The smallest absolute Gasteiger partial charge is 0.263 e. The summed E-state index contributed by atoms with van der Waals surface area (Å²) < 4.78 is 50.5. The van der Waals surface area contributed by atoms with Gasteiger partial charge in [-0.15, -0.1) is 0 Å². The van der Waals surface area contributed by atoms with E-state index in [4.69, 9.17) is 23.2 Å². The number of benzene rings is 2. The Morgan fingerprint density at radius 1 is 0.957 bits per heavy atom. The van der Waals surface area contributed by atoms with Crippen molar-refractivity contribution in [1.82, 2.24) is 0 Å². The van der Waals surface area contributed by atoms with Gasteiger partial charge < -0.3 is 0 Å². The number of rotatable bonds is 5. The molecule has 0 aliphatic carbocycles. The first kappa shape index (κ1) is 18.1. The van der Waals surface area contributed by atoms with Crippen LogP contribution in [0.1, 0.15) is 6.92 Å². The Balaban J connectivity index is 2.33. The van der Waals surface area contributed by atoms with Crippen molar-refractivity contribution in [2.24, 2.45) is 0 Å². The Bertz CT molecular complexity index is 924. The molecule has 0 aliphatic heterocycles. The summed E-state index contributed by atoms with van der Waals surface area (Å²) in [7, 11) is -7.28. The van der Waals surface area contributed by atoms with Crippen LogP contribution in [0.15, 0.2) is 52.3 Å². The summed E-state index contributed by atoms with van der Waals surface area (Å²) >= 11 is 11.7. The molecule has 2 aromatic carbocycles. The van der Waals surface area contributed by atoms with Crippen LogP contribution in [0, 0.1) is 0 Å². The van der Waals surface area contributed by atoms with Gasteiger partial charge in [0.05, 0.1) is 20.7 Å². The lowest BCUT2D eigenvalue weighted by Crippen LogP contribution is -2.13. The second-order valence-electron chi connectivity index (χ2n) is 4.59. The van der Waals surface area contributed by atoms with E-state index in [9.17, 15) is 16.8 Å². The van der Waals surface area contributed by atoms with Gasteiger partial charge in [-0.1, -0.05) is 36.2 Å². The molecule has 0 saturated heterocycles. The Hall–Kier alpha value is -1.28. The van der Waals surface area contributed by atoms with Crippen LogP contribution in [-0.4, -0.2) is 22.6 Å². The third-order valence-corrected chi connectivity index (χ3v) is 7.16. The van der Waals surface area contributed by atoms with E-state index < -0.39 is 19.9 Å². The number of sulfonamides is 1. The molecule has 0 heterocycles. The van der Waals surface area contributed by atoms with Crippen molar-refractivity contribution in [3.05, 3.63) is 52.5 Å². The first-order chi connectivity index (χ1) is 10.7. The number of hydrogen-bond donors (Lipinski definition) is 1. The molecule has 0 fully saturated rings. The molecular formula is C14H13Cl2NO4S2. The van der Waals surface area contributed by atoms with Gasteiger partial charge in [-0.3, -0.25) is 4.72 Å². The zero-order valence-electron chi connectivity index (χ0n) is 12.0. The molecule has 0 unspecified atom stereocenters. The van der Waals surface area contributed by atoms with E-state index in [0.717, 1.165) is 0 Å². The van der Waals surface area contributed by atoms with Crippen molar-refractivity contribution >= 4 is 48.7 Å². The third-order valence-electron chi connectivity index (χ3n) is 3.05. The third kappa shape index (κ3) is 3.98. The van der Waals surface area contributed by atoms with E-state index in [-0.39, 0.29) is 31.3 Å². The predicted octanol–water partition coefficient (Wildman–Crippen LogP) is 3.59. The summed E-state index contributed by atoms with van der Waals surface area (Å²) in [5, 5.41) is 0.0470. The second-order valence-corrected chi connectivity index (χ2v) is 9.30. The minimum absolute atomic E-state index is 0.0316. The molecule has 0 atom stereocenters. The van der Waals surface area contributed by atoms with Gasteiger partial charge in [-0.2, -0.15) is 0 Å². The fourth-order valence-electron chi connectivity index (χ4n) is 1.80. The van der Waals surface area contributed by atoms with Crippen LogP contribution >= 0.6 is 23.2 Å². The van der Waals surface area contributed by atoms with Crippen LogP contribution in [0.3, 0.4) is 0 Å². The molecule has 5 nitrogen and oxygen atoms in total.